The van der Waals surface area contributed by atoms with Crippen molar-refractivity contribution in [3.63, 3.8) is 0 Å². The summed E-state index contributed by atoms with van der Waals surface area (Å²) in [7, 11) is 1.65. The van der Waals surface area contributed by atoms with Gasteiger partial charge in [-0.3, -0.25) is 0 Å². The van der Waals surface area contributed by atoms with E-state index in [9.17, 15) is 8.42 Å². The standard InChI is InChI=1S/C14H21ClO3S/c1-5-6-9-18-13-10-11(19(15,16)17)7-8-12(13)14(2,3)4/h7-8,10H,5-6,9H2,1-4H3. The molecule has 5 heteroatoms. The Kier molecular flexibility index (Phi) is 5.27. The van der Waals surface area contributed by atoms with Crippen molar-refractivity contribution < 1.29 is 13.2 Å². The Balaban J connectivity index is 3.19. The first-order chi connectivity index (χ1) is 8.66. The fraction of sp³-hybridized carbons (Fsp3) is 0.571. The molecule has 0 N–H and O–H groups in total. The predicted molar refractivity (Wildman–Crippen MR) is 78.6 cm³/mol. The Morgan fingerprint density at radius 3 is 2.37 bits per heavy atom. The van der Waals surface area contributed by atoms with Crippen LogP contribution in [0, 0.1) is 0 Å². The zero-order valence-electron chi connectivity index (χ0n) is 11.9. The Bertz CT molecular complexity index is 530. The Labute approximate surface area is 120 Å². The highest BCUT2D eigenvalue weighted by molar-refractivity contribution is 8.13. The summed E-state index contributed by atoms with van der Waals surface area (Å²) < 4.78 is 28.5. The SMILES string of the molecule is CCCCOc1cc(S(=O)(=O)Cl)ccc1C(C)(C)C. The summed E-state index contributed by atoms with van der Waals surface area (Å²) in [6.45, 7) is 8.83. The molecule has 0 amide bonds. The van der Waals surface area contributed by atoms with Crippen molar-refractivity contribution in [2.75, 3.05) is 6.61 Å². The molecule has 0 aromatic heterocycles. The lowest BCUT2D eigenvalue weighted by Crippen LogP contribution is -2.14. The van der Waals surface area contributed by atoms with E-state index in [1.54, 1.807) is 6.07 Å². The molecule has 0 fully saturated rings. The normalized spacial score (nSPS) is 12.5. The van der Waals surface area contributed by atoms with Gasteiger partial charge in [-0.25, -0.2) is 8.42 Å². The minimum atomic E-state index is -3.73. The van der Waals surface area contributed by atoms with Crippen molar-refractivity contribution >= 4 is 19.7 Å². The second-order valence-electron chi connectivity index (χ2n) is 5.55. The van der Waals surface area contributed by atoms with Crippen LogP contribution < -0.4 is 4.74 Å². The molecule has 3 nitrogen and oxygen atoms in total. The fourth-order valence-corrected chi connectivity index (χ4v) is 2.49. The van der Waals surface area contributed by atoms with Crippen molar-refractivity contribution in [1.29, 1.82) is 0 Å². The molecule has 0 aliphatic carbocycles. The highest BCUT2D eigenvalue weighted by Crippen LogP contribution is 2.34. The quantitative estimate of drug-likeness (QED) is 0.608. The maximum atomic E-state index is 11.4. The maximum absolute atomic E-state index is 11.4. The molecule has 0 atom stereocenters. The fourth-order valence-electron chi connectivity index (χ4n) is 1.72. The van der Waals surface area contributed by atoms with E-state index in [-0.39, 0.29) is 10.3 Å². The van der Waals surface area contributed by atoms with E-state index in [1.165, 1.54) is 12.1 Å². The molecule has 19 heavy (non-hydrogen) atoms. The van der Waals surface area contributed by atoms with E-state index in [0.717, 1.165) is 18.4 Å². The second-order valence-corrected chi connectivity index (χ2v) is 8.11. The first-order valence-corrected chi connectivity index (χ1v) is 8.69. The Hall–Kier alpha value is -0.740. The maximum Gasteiger partial charge on any atom is 0.261 e. The molecule has 0 spiro atoms. The molecule has 0 unspecified atom stereocenters. The van der Waals surface area contributed by atoms with E-state index in [2.05, 4.69) is 27.7 Å². The van der Waals surface area contributed by atoms with Gasteiger partial charge in [-0.1, -0.05) is 40.2 Å². The van der Waals surface area contributed by atoms with Crippen molar-refractivity contribution in [3.8, 4) is 5.75 Å². The third kappa shape index (κ3) is 4.69. The van der Waals surface area contributed by atoms with Gasteiger partial charge in [-0.05, 0) is 23.5 Å². The number of halogens is 1. The highest BCUT2D eigenvalue weighted by Gasteiger charge is 2.21. The topological polar surface area (TPSA) is 43.4 Å². The molecule has 0 heterocycles. The molecule has 0 aliphatic rings. The van der Waals surface area contributed by atoms with Gasteiger partial charge in [0.2, 0.25) is 0 Å². The van der Waals surface area contributed by atoms with Gasteiger partial charge in [-0.15, -0.1) is 0 Å². The van der Waals surface area contributed by atoms with Gasteiger partial charge in [0.15, 0.2) is 0 Å². The molecule has 0 saturated carbocycles. The molecule has 0 bridgehead atoms. The third-order valence-electron chi connectivity index (χ3n) is 2.80. The van der Waals surface area contributed by atoms with Crippen molar-refractivity contribution in [3.05, 3.63) is 23.8 Å². The molecule has 0 saturated heterocycles. The van der Waals surface area contributed by atoms with Crippen molar-refractivity contribution in [2.45, 2.75) is 50.8 Å². The van der Waals surface area contributed by atoms with Gasteiger partial charge in [-0.2, -0.15) is 0 Å². The van der Waals surface area contributed by atoms with Crippen LogP contribution in [0.2, 0.25) is 0 Å². The molecule has 0 radical (unpaired) electrons. The van der Waals surface area contributed by atoms with Gasteiger partial charge in [0.1, 0.15) is 5.75 Å². The zero-order valence-corrected chi connectivity index (χ0v) is 13.4. The molecule has 1 rings (SSSR count). The summed E-state index contributed by atoms with van der Waals surface area (Å²) in [5.41, 5.74) is 0.864. The summed E-state index contributed by atoms with van der Waals surface area (Å²) in [6, 6.07) is 4.81. The number of unbranched alkanes of at least 4 members (excludes halogenated alkanes) is 1. The first kappa shape index (κ1) is 16.3. The number of rotatable bonds is 5. The van der Waals surface area contributed by atoms with Gasteiger partial charge < -0.3 is 4.74 Å². The van der Waals surface area contributed by atoms with Gasteiger partial charge in [0.25, 0.3) is 9.05 Å². The largest absolute Gasteiger partial charge is 0.493 e. The second kappa shape index (κ2) is 6.14. The van der Waals surface area contributed by atoms with Crippen LogP contribution >= 0.6 is 10.7 Å². The number of hydrogen-bond acceptors (Lipinski definition) is 3. The van der Waals surface area contributed by atoms with Crippen LogP contribution in [0.3, 0.4) is 0 Å². The zero-order chi connectivity index (χ0) is 14.7. The number of ether oxygens (including phenoxy) is 1. The van der Waals surface area contributed by atoms with Crippen LogP contribution in [-0.4, -0.2) is 15.0 Å². The van der Waals surface area contributed by atoms with E-state index in [4.69, 9.17) is 15.4 Å². The summed E-state index contributed by atoms with van der Waals surface area (Å²) in [5.74, 6) is 0.600. The van der Waals surface area contributed by atoms with Crippen LogP contribution in [-0.2, 0) is 14.5 Å². The molecule has 1 aromatic rings. The Morgan fingerprint density at radius 1 is 1.26 bits per heavy atom. The third-order valence-corrected chi connectivity index (χ3v) is 4.15. The van der Waals surface area contributed by atoms with Crippen molar-refractivity contribution in [2.24, 2.45) is 0 Å². The average Bonchev–Trinajstić information content (AvgIpc) is 2.26. The van der Waals surface area contributed by atoms with Crippen LogP contribution in [0.1, 0.15) is 46.1 Å². The molecule has 0 aliphatic heterocycles. The first-order valence-electron chi connectivity index (χ1n) is 6.38. The highest BCUT2D eigenvalue weighted by atomic mass is 35.7. The van der Waals surface area contributed by atoms with Crippen LogP contribution in [0.5, 0.6) is 5.75 Å². The van der Waals surface area contributed by atoms with Crippen LogP contribution in [0.4, 0.5) is 0 Å². The van der Waals surface area contributed by atoms with E-state index < -0.39 is 9.05 Å². The lowest BCUT2D eigenvalue weighted by atomic mass is 9.86. The summed E-state index contributed by atoms with van der Waals surface area (Å²) in [4.78, 5) is 0.0775. The lowest BCUT2D eigenvalue weighted by Gasteiger charge is -2.23. The Morgan fingerprint density at radius 2 is 1.89 bits per heavy atom. The molecule has 1 aromatic carbocycles. The summed E-state index contributed by atoms with van der Waals surface area (Å²) in [6.07, 6.45) is 1.96. The smallest absolute Gasteiger partial charge is 0.261 e. The van der Waals surface area contributed by atoms with Gasteiger partial charge in [0.05, 0.1) is 11.5 Å². The van der Waals surface area contributed by atoms with Gasteiger partial charge >= 0.3 is 0 Å². The van der Waals surface area contributed by atoms with E-state index in [0.29, 0.717) is 12.4 Å². The summed E-state index contributed by atoms with van der Waals surface area (Å²) in [5, 5.41) is 0. The van der Waals surface area contributed by atoms with Crippen molar-refractivity contribution in [1.82, 2.24) is 0 Å². The van der Waals surface area contributed by atoms with E-state index in [1.807, 2.05) is 0 Å². The van der Waals surface area contributed by atoms with Crippen LogP contribution in [0.15, 0.2) is 23.1 Å². The predicted octanol–water partition coefficient (Wildman–Crippen LogP) is 4.09. The minimum absolute atomic E-state index is 0.0775. The summed E-state index contributed by atoms with van der Waals surface area (Å²) >= 11 is 0. The number of benzene rings is 1. The van der Waals surface area contributed by atoms with E-state index >= 15 is 0 Å². The monoisotopic (exact) mass is 304 g/mol. The van der Waals surface area contributed by atoms with Crippen LogP contribution in [0.25, 0.3) is 0 Å². The molecule has 108 valence electrons. The number of hydrogen-bond donors (Lipinski definition) is 0. The molecular formula is C14H21ClO3S. The lowest BCUT2D eigenvalue weighted by molar-refractivity contribution is 0.300. The molecular weight excluding hydrogens is 284 g/mol. The minimum Gasteiger partial charge on any atom is -0.493 e. The van der Waals surface area contributed by atoms with Gasteiger partial charge in [0, 0.05) is 16.7 Å². The average molecular weight is 305 g/mol.